The number of hydrogen-bond donors (Lipinski definition) is 0. The van der Waals surface area contributed by atoms with E-state index in [-0.39, 0.29) is 5.41 Å². The molecule has 4 nitrogen and oxygen atoms in total. The Morgan fingerprint density at radius 1 is 0.453 bits per heavy atom. The molecule has 0 radical (unpaired) electrons. The first-order valence-electron chi connectivity index (χ1n) is 18.2. The van der Waals surface area contributed by atoms with E-state index in [1.54, 1.807) is 0 Å². The van der Waals surface area contributed by atoms with Crippen molar-refractivity contribution in [1.82, 2.24) is 14.5 Å². The van der Waals surface area contributed by atoms with E-state index in [1.165, 1.54) is 38.5 Å². The van der Waals surface area contributed by atoms with Crippen molar-refractivity contribution >= 4 is 43.7 Å². The topological polar surface area (TPSA) is 43.9 Å². The molecular formula is C49H33N3O. The van der Waals surface area contributed by atoms with Crippen molar-refractivity contribution in [3.8, 4) is 50.7 Å². The molecule has 1 aliphatic rings. The monoisotopic (exact) mass is 679 g/mol. The number of para-hydroxylation sites is 1. The second kappa shape index (κ2) is 11.1. The van der Waals surface area contributed by atoms with Crippen molar-refractivity contribution < 1.29 is 4.42 Å². The van der Waals surface area contributed by atoms with E-state index >= 15 is 0 Å². The Bertz CT molecular complexity index is 3000. The van der Waals surface area contributed by atoms with Crippen molar-refractivity contribution in [2.75, 3.05) is 0 Å². The average Bonchev–Trinajstić information content (AvgIpc) is 3.81. The average molecular weight is 680 g/mol. The van der Waals surface area contributed by atoms with Crippen LogP contribution < -0.4 is 0 Å². The van der Waals surface area contributed by atoms with E-state index in [0.717, 1.165) is 61.2 Å². The summed E-state index contributed by atoms with van der Waals surface area (Å²) in [7, 11) is 0. The largest absolute Gasteiger partial charge is 0.456 e. The van der Waals surface area contributed by atoms with Gasteiger partial charge < -0.3 is 8.98 Å². The lowest BCUT2D eigenvalue weighted by Crippen LogP contribution is -2.14. The summed E-state index contributed by atoms with van der Waals surface area (Å²) in [5.41, 5.74) is 15.3. The first-order valence-corrected chi connectivity index (χ1v) is 18.2. The van der Waals surface area contributed by atoms with Crippen LogP contribution in [0.15, 0.2) is 168 Å². The smallest absolute Gasteiger partial charge is 0.160 e. The molecule has 3 heterocycles. The van der Waals surface area contributed by atoms with E-state index < -0.39 is 0 Å². The van der Waals surface area contributed by atoms with E-state index in [9.17, 15) is 0 Å². The summed E-state index contributed by atoms with van der Waals surface area (Å²) in [5, 5.41) is 4.72. The van der Waals surface area contributed by atoms with Gasteiger partial charge in [0, 0.05) is 55.4 Å². The number of hydrogen-bond acceptors (Lipinski definition) is 3. The van der Waals surface area contributed by atoms with Gasteiger partial charge in [-0.3, -0.25) is 0 Å². The van der Waals surface area contributed by atoms with Gasteiger partial charge in [0.1, 0.15) is 11.2 Å². The third kappa shape index (κ3) is 4.49. The fourth-order valence-corrected chi connectivity index (χ4v) is 8.56. The minimum absolute atomic E-state index is 0.116. The molecule has 0 N–H and O–H groups in total. The molecule has 0 bridgehead atoms. The Balaban J connectivity index is 1.13. The third-order valence-corrected chi connectivity index (χ3v) is 11.2. The van der Waals surface area contributed by atoms with Gasteiger partial charge in [0.25, 0.3) is 0 Å². The minimum atomic E-state index is -0.116. The Kier molecular flexibility index (Phi) is 6.27. The quantitative estimate of drug-likeness (QED) is 0.186. The second-order valence-electron chi connectivity index (χ2n) is 14.6. The lowest BCUT2D eigenvalue weighted by Gasteiger charge is -2.21. The summed E-state index contributed by atoms with van der Waals surface area (Å²) in [5.74, 6) is 0.709. The fourth-order valence-electron chi connectivity index (χ4n) is 8.56. The maximum absolute atomic E-state index is 6.45. The van der Waals surface area contributed by atoms with Crippen molar-refractivity contribution in [3.63, 3.8) is 0 Å². The summed E-state index contributed by atoms with van der Waals surface area (Å²) in [6.45, 7) is 4.69. The standard InChI is InChI=1S/C49H33N3O/c1-49(2)40-19-11-9-17-34(40)36-25-37-38-26-39-35-18-10-12-20-46(35)53-47(39)29-45(38)52(44(37)27-41(36)49)33-23-21-31(22-24-33)43-28-42(30-13-5-3-6-14-30)50-48(51-43)32-15-7-4-8-16-32/h3-29H,1-2H3. The lowest BCUT2D eigenvalue weighted by molar-refractivity contribution is 0.661. The molecular weight excluding hydrogens is 647 g/mol. The van der Waals surface area contributed by atoms with Crippen LogP contribution in [0.5, 0.6) is 0 Å². The highest BCUT2D eigenvalue weighted by Crippen LogP contribution is 2.51. The number of rotatable bonds is 4. The number of furan rings is 1. The summed E-state index contributed by atoms with van der Waals surface area (Å²) in [4.78, 5) is 10.1. The highest BCUT2D eigenvalue weighted by atomic mass is 16.3. The number of fused-ring (bicyclic) bond motifs is 9. The molecule has 250 valence electrons. The van der Waals surface area contributed by atoms with Gasteiger partial charge in [-0.25, -0.2) is 9.97 Å². The molecule has 0 amide bonds. The summed E-state index contributed by atoms with van der Waals surface area (Å²) >= 11 is 0. The molecule has 0 atom stereocenters. The Hall–Kier alpha value is -6.78. The lowest BCUT2D eigenvalue weighted by atomic mass is 9.82. The van der Waals surface area contributed by atoms with Crippen LogP contribution in [0.1, 0.15) is 25.0 Å². The molecule has 53 heavy (non-hydrogen) atoms. The minimum Gasteiger partial charge on any atom is -0.456 e. The van der Waals surface area contributed by atoms with E-state index in [4.69, 9.17) is 14.4 Å². The number of nitrogens with zero attached hydrogens (tertiary/aromatic N) is 3. The van der Waals surface area contributed by atoms with Gasteiger partial charge in [0.2, 0.25) is 0 Å². The SMILES string of the molecule is CC1(C)c2ccccc2-c2cc3c4cc5c(cc4n(-c4ccc(-c6cc(-c7ccccc7)nc(-c7ccccc7)n6)cc4)c3cc21)oc1ccccc15. The summed E-state index contributed by atoms with van der Waals surface area (Å²) in [6.07, 6.45) is 0. The predicted octanol–water partition coefficient (Wildman–Crippen LogP) is 12.8. The third-order valence-electron chi connectivity index (χ3n) is 11.2. The number of benzene rings is 7. The molecule has 1 aliphatic carbocycles. The number of aromatic nitrogens is 3. The maximum Gasteiger partial charge on any atom is 0.160 e. The van der Waals surface area contributed by atoms with Crippen molar-refractivity contribution in [2.45, 2.75) is 19.3 Å². The van der Waals surface area contributed by atoms with Gasteiger partial charge in [-0.15, -0.1) is 0 Å². The normalized spacial score (nSPS) is 13.2. The van der Waals surface area contributed by atoms with Gasteiger partial charge >= 0.3 is 0 Å². The van der Waals surface area contributed by atoms with Crippen molar-refractivity contribution in [3.05, 3.63) is 175 Å². The molecule has 0 saturated carbocycles. The van der Waals surface area contributed by atoms with Crippen LogP contribution in [0.2, 0.25) is 0 Å². The van der Waals surface area contributed by atoms with Crippen LogP contribution in [0, 0.1) is 0 Å². The fraction of sp³-hybridized carbons (Fsp3) is 0.0612. The molecule has 11 rings (SSSR count). The van der Waals surface area contributed by atoms with Crippen molar-refractivity contribution in [1.29, 1.82) is 0 Å². The second-order valence-corrected chi connectivity index (χ2v) is 14.6. The Labute approximate surface area is 306 Å². The molecule has 0 spiro atoms. The summed E-state index contributed by atoms with van der Waals surface area (Å²) in [6, 6.07) is 58.1. The Morgan fingerprint density at radius 2 is 1.08 bits per heavy atom. The first-order chi connectivity index (χ1) is 26.0. The van der Waals surface area contributed by atoms with E-state index in [0.29, 0.717) is 5.82 Å². The predicted molar refractivity (Wildman–Crippen MR) is 218 cm³/mol. The van der Waals surface area contributed by atoms with Gasteiger partial charge in [-0.1, -0.05) is 129 Å². The van der Waals surface area contributed by atoms with Crippen LogP contribution in [-0.4, -0.2) is 14.5 Å². The Morgan fingerprint density at radius 3 is 1.85 bits per heavy atom. The molecule has 4 heteroatoms. The zero-order valence-corrected chi connectivity index (χ0v) is 29.3. The highest BCUT2D eigenvalue weighted by molar-refractivity contribution is 6.18. The van der Waals surface area contributed by atoms with Gasteiger partial charge in [-0.2, -0.15) is 0 Å². The molecule has 3 aromatic heterocycles. The van der Waals surface area contributed by atoms with Crippen LogP contribution in [0.4, 0.5) is 0 Å². The maximum atomic E-state index is 6.45. The zero-order chi connectivity index (χ0) is 35.3. The van der Waals surface area contributed by atoms with Crippen LogP contribution in [0.25, 0.3) is 94.5 Å². The van der Waals surface area contributed by atoms with Gasteiger partial charge in [0.15, 0.2) is 5.82 Å². The van der Waals surface area contributed by atoms with Gasteiger partial charge in [0.05, 0.1) is 22.4 Å². The molecule has 0 saturated heterocycles. The van der Waals surface area contributed by atoms with E-state index in [1.807, 2.05) is 42.5 Å². The molecule has 0 aliphatic heterocycles. The van der Waals surface area contributed by atoms with Crippen LogP contribution in [0.3, 0.4) is 0 Å². The first kappa shape index (κ1) is 29.9. The molecule has 0 fully saturated rings. The van der Waals surface area contributed by atoms with E-state index in [2.05, 4.69) is 140 Å². The van der Waals surface area contributed by atoms with Gasteiger partial charge in [-0.05, 0) is 64.7 Å². The van der Waals surface area contributed by atoms with Crippen LogP contribution >= 0.6 is 0 Å². The molecule has 0 unspecified atom stereocenters. The highest BCUT2D eigenvalue weighted by Gasteiger charge is 2.36. The summed E-state index contributed by atoms with van der Waals surface area (Å²) < 4.78 is 8.86. The van der Waals surface area contributed by atoms with Crippen molar-refractivity contribution in [2.24, 2.45) is 0 Å². The zero-order valence-electron chi connectivity index (χ0n) is 29.3. The van der Waals surface area contributed by atoms with Crippen LogP contribution in [-0.2, 0) is 5.41 Å². The molecule has 10 aromatic rings. The molecule has 7 aromatic carbocycles.